The van der Waals surface area contributed by atoms with Crippen LogP contribution in [0.15, 0.2) is 18.2 Å². The van der Waals surface area contributed by atoms with Gasteiger partial charge in [-0.15, -0.1) is 0 Å². The van der Waals surface area contributed by atoms with Crippen molar-refractivity contribution in [2.45, 2.75) is 57.3 Å². The molecule has 1 aromatic carbocycles. The number of hydrogen-bond donors (Lipinski definition) is 1. The minimum atomic E-state index is -0.174. The minimum absolute atomic E-state index is 0.174. The van der Waals surface area contributed by atoms with E-state index in [1.54, 1.807) is 0 Å². The van der Waals surface area contributed by atoms with Crippen molar-refractivity contribution in [2.75, 3.05) is 19.6 Å². The zero-order valence-corrected chi connectivity index (χ0v) is 13.5. The maximum Gasteiger partial charge on any atom is 0.218 e. The number of likely N-dealkylation sites (tertiary alicyclic amines) is 1. The molecule has 0 spiro atoms. The van der Waals surface area contributed by atoms with Crippen LogP contribution in [0.4, 0.5) is 0 Å². The molecule has 2 N–H and O–H groups in total. The number of rotatable bonds is 5. The molecule has 3 heteroatoms. The summed E-state index contributed by atoms with van der Waals surface area (Å²) in [5, 5.41) is 0. The second kappa shape index (κ2) is 7.28. The van der Waals surface area contributed by atoms with E-state index in [1.165, 1.54) is 62.0 Å². The molecule has 1 atom stereocenters. The Morgan fingerprint density at radius 3 is 2.77 bits per heavy atom. The lowest BCUT2D eigenvalue weighted by atomic mass is 9.80. The minimum Gasteiger partial charge on any atom is -0.370 e. The molecule has 1 fully saturated rings. The smallest absolute Gasteiger partial charge is 0.218 e. The molecule has 0 saturated carbocycles. The topological polar surface area (TPSA) is 46.3 Å². The fraction of sp³-hybridized carbons (Fsp3) is 0.632. The summed E-state index contributed by atoms with van der Waals surface area (Å²) in [4.78, 5) is 13.8. The lowest BCUT2D eigenvalue weighted by molar-refractivity contribution is -0.118. The molecule has 3 rings (SSSR count). The largest absolute Gasteiger partial charge is 0.370 e. The van der Waals surface area contributed by atoms with Crippen LogP contribution in [0.3, 0.4) is 0 Å². The van der Waals surface area contributed by atoms with Crippen molar-refractivity contribution in [1.29, 1.82) is 0 Å². The second-order valence-corrected chi connectivity index (χ2v) is 6.95. The van der Waals surface area contributed by atoms with Crippen LogP contribution in [0.25, 0.3) is 0 Å². The van der Waals surface area contributed by atoms with E-state index >= 15 is 0 Å². The lowest BCUT2D eigenvalue weighted by Crippen LogP contribution is -2.31. The van der Waals surface area contributed by atoms with Gasteiger partial charge in [0.25, 0.3) is 0 Å². The van der Waals surface area contributed by atoms with Gasteiger partial charge in [-0.05, 0) is 74.2 Å². The first-order valence-corrected chi connectivity index (χ1v) is 8.85. The Hall–Kier alpha value is -1.35. The van der Waals surface area contributed by atoms with Crippen molar-refractivity contribution in [2.24, 2.45) is 5.73 Å². The molecule has 1 aromatic rings. The van der Waals surface area contributed by atoms with E-state index in [1.807, 2.05) is 0 Å². The van der Waals surface area contributed by atoms with E-state index in [2.05, 4.69) is 23.1 Å². The Balaban J connectivity index is 1.63. The highest BCUT2D eigenvalue weighted by atomic mass is 16.1. The van der Waals surface area contributed by atoms with Crippen LogP contribution in [0.2, 0.25) is 0 Å². The SMILES string of the molecule is NC(=O)C[C@H]1CCCc2cc(CCN3CCCCC3)ccc21. The summed E-state index contributed by atoms with van der Waals surface area (Å²) in [7, 11) is 0. The number of carbonyl (C=O) groups excluding carboxylic acids is 1. The molecule has 0 aromatic heterocycles. The van der Waals surface area contributed by atoms with Crippen molar-refractivity contribution in [3.63, 3.8) is 0 Å². The average molecular weight is 300 g/mol. The zero-order chi connectivity index (χ0) is 15.4. The summed E-state index contributed by atoms with van der Waals surface area (Å²) in [5.41, 5.74) is 9.66. The van der Waals surface area contributed by atoms with Gasteiger partial charge in [-0.2, -0.15) is 0 Å². The summed E-state index contributed by atoms with van der Waals surface area (Å²) in [6.07, 6.45) is 9.20. The van der Waals surface area contributed by atoms with Gasteiger partial charge in [0, 0.05) is 13.0 Å². The Labute approximate surface area is 133 Å². The highest BCUT2D eigenvalue weighted by molar-refractivity contribution is 5.75. The van der Waals surface area contributed by atoms with Crippen LogP contribution in [0, 0.1) is 0 Å². The van der Waals surface area contributed by atoms with Crippen LogP contribution in [-0.2, 0) is 17.6 Å². The van der Waals surface area contributed by atoms with Gasteiger partial charge in [-0.3, -0.25) is 4.79 Å². The van der Waals surface area contributed by atoms with E-state index in [-0.39, 0.29) is 5.91 Å². The maximum atomic E-state index is 11.2. The summed E-state index contributed by atoms with van der Waals surface area (Å²) >= 11 is 0. The molecule has 1 amide bonds. The molecule has 120 valence electrons. The maximum absolute atomic E-state index is 11.2. The molecular formula is C19H28N2O. The molecule has 1 heterocycles. The molecule has 22 heavy (non-hydrogen) atoms. The number of aryl methyl sites for hydroxylation is 1. The average Bonchev–Trinajstić information content (AvgIpc) is 2.53. The normalized spacial score (nSPS) is 22.3. The number of nitrogens with two attached hydrogens (primary N) is 1. The van der Waals surface area contributed by atoms with Crippen LogP contribution >= 0.6 is 0 Å². The van der Waals surface area contributed by atoms with E-state index in [0.29, 0.717) is 12.3 Å². The molecule has 1 saturated heterocycles. The highest BCUT2D eigenvalue weighted by Crippen LogP contribution is 2.34. The third-order valence-electron chi connectivity index (χ3n) is 5.26. The number of piperidine rings is 1. The Morgan fingerprint density at radius 2 is 2.00 bits per heavy atom. The van der Waals surface area contributed by atoms with E-state index in [9.17, 15) is 4.79 Å². The Bertz CT molecular complexity index is 520. The van der Waals surface area contributed by atoms with Gasteiger partial charge in [0.05, 0.1) is 0 Å². The second-order valence-electron chi connectivity index (χ2n) is 6.95. The van der Waals surface area contributed by atoms with Gasteiger partial charge in [-0.1, -0.05) is 24.6 Å². The van der Waals surface area contributed by atoms with Gasteiger partial charge in [0.2, 0.25) is 5.91 Å². The Kier molecular flexibility index (Phi) is 5.14. The fourth-order valence-corrected chi connectivity index (χ4v) is 4.05. The molecule has 0 unspecified atom stereocenters. The number of fused-ring (bicyclic) bond motifs is 1. The molecule has 1 aliphatic heterocycles. The number of benzene rings is 1. The summed E-state index contributed by atoms with van der Waals surface area (Å²) in [6.45, 7) is 3.72. The molecule has 0 radical (unpaired) electrons. The van der Waals surface area contributed by atoms with Crippen molar-refractivity contribution in [3.05, 3.63) is 34.9 Å². The van der Waals surface area contributed by atoms with Crippen molar-refractivity contribution in [1.82, 2.24) is 4.90 Å². The third kappa shape index (κ3) is 3.89. The van der Waals surface area contributed by atoms with Gasteiger partial charge < -0.3 is 10.6 Å². The van der Waals surface area contributed by atoms with Crippen LogP contribution in [0.5, 0.6) is 0 Å². The standard InChI is InChI=1S/C19H28N2O/c20-19(22)14-17-6-4-5-16-13-15(7-8-18(16)17)9-12-21-10-2-1-3-11-21/h7-8,13,17H,1-6,9-12,14H2,(H2,20,22)/t17-/m1/s1. The summed E-state index contributed by atoms with van der Waals surface area (Å²) < 4.78 is 0. The van der Waals surface area contributed by atoms with Crippen molar-refractivity contribution < 1.29 is 4.79 Å². The van der Waals surface area contributed by atoms with Crippen LogP contribution < -0.4 is 5.73 Å². The number of amides is 1. The van der Waals surface area contributed by atoms with E-state index < -0.39 is 0 Å². The number of nitrogens with zero attached hydrogens (tertiary/aromatic N) is 1. The fourth-order valence-electron chi connectivity index (χ4n) is 4.05. The molecule has 1 aliphatic carbocycles. The van der Waals surface area contributed by atoms with Crippen LogP contribution in [0.1, 0.15) is 61.1 Å². The number of carbonyl (C=O) groups is 1. The first kappa shape index (κ1) is 15.5. The van der Waals surface area contributed by atoms with Crippen LogP contribution in [-0.4, -0.2) is 30.4 Å². The highest BCUT2D eigenvalue weighted by Gasteiger charge is 2.22. The first-order valence-electron chi connectivity index (χ1n) is 8.85. The van der Waals surface area contributed by atoms with Gasteiger partial charge in [-0.25, -0.2) is 0 Å². The molecular weight excluding hydrogens is 272 g/mol. The predicted octanol–water partition coefficient (Wildman–Crippen LogP) is 3.01. The van der Waals surface area contributed by atoms with Gasteiger partial charge in [0.1, 0.15) is 0 Å². The van der Waals surface area contributed by atoms with Crippen molar-refractivity contribution >= 4 is 5.91 Å². The quantitative estimate of drug-likeness (QED) is 0.908. The Morgan fingerprint density at radius 1 is 1.18 bits per heavy atom. The summed E-state index contributed by atoms with van der Waals surface area (Å²) in [6, 6.07) is 6.90. The molecule has 2 aliphatic rings. The molecule has 0 bridgehead atoms. The molecule has 3 nitrogen and oxygen atoms in total. The third-order valence-corrected chi connectivity index (χ3v) is 5.26. The van der Waals surface area contributed by atoms with Crippen molar-refractivity contribution in [3.8, 4) is 0 Å². The number of hydrogen-bond acceptors (Lipinski definition) is 2. The lowest BCUT2D eigenvalue weighted by Gasteiger charge is -2.27. The number of primary amides is 1. The van der Waals surface area contributed by atoms with Gasteiger partial charge >= 0.3 is 0 Å². The monoisotopic (exact) mass is 300 g/mol. The van der Waals surface area contributed by atoms with E-state index in [4.69, 9.17) is 5.73 Å². The summed E-state index contributed by atoms with van der Waals surface area (Å²) in [5.74, 6) is 0.171. The zero-order valence-electron chi connectivity index (χ0n) is 13.5. The first-order chi connectivity index (χ1) is 10.7. The van der Waals surface area contributed by atoms with E-state index in [0.717, 1.165) is 19.3 Å². The predicted molar refractivity (Wildman–Crippen MR) is 89.9 cm³/mol. The van der Waals surface area contributed by atoms with Gasteiger partial charge in [0.15, 0.2) is 0 Å².